The van der Waals surface area contributed by atoms with Crippen molar-refractivity contribution in [3.63, 3.8) is 0 Å². The van der Waals surface area contributed by atoms with Gasteiger partial charge in [-0.2, -0.15) is 0 Å². The highest BCUT2D eigenvalue weighted by molar-refractivity contribution is 7.52. The van der Waals surface area contributed by atoms with Crippen molar-refractivity contribution in [2.24, 2.45) is 5.73 Å². The molecule has 1 amide bonds. The lowest BCUT2D eigenvalue weighted by Crippen LogP contribution is -2.46. The van der Waals surface area contributed by atoms with Crippen molar-refractivity contribution in [2.75, 3.05) is 19.3 Å². The molecule has 2 rings (SSSR count). The maximum absolute atomic E-state index is 12.9. The van der Waals surface area contributed by atoms with Gasteiger partial charge in [0, 0.05) is 6.54 Å². The van der Waals surface area contributed by atoms with Crippen molar-refractivity contribution >= 4 is 19.5 Å². The first-order valence-electron chi connectivity index (χ1n) is 10.6. The number of nitrogens with zero attached hydrogens (tertiary/aromatic N) is 1. The number of likely N-dealkylation sites (tertiary alicyclic amines) is 1. The van der Waals surface area contributed by atoms with E-state index in [1.165, 1.54) is 4.90 Å². The minimum absolute atomic E-state index is 0.0388. The SMILES string of the molecule is NCCCCC(OP(=O)(O)CCCCc1ccccc1)C(=O)N1CCC[C@H]1C(=O)O. The highest BCUT2D eigenvalue weighted by Crippen LogP contribution is 2.45. The molecule has 0 spiro atoms. The van der Waals surface area contributed by atoms with E-state index >= 15 is 0 Å². The molecule has 0 saturated carbocycles. The number of aryl methyl sites for hydroxylation is 1. The average Bonchev–Trinajstić information content (AvgIpc) is 3.21. The van der Waals surface area contributed by atoms with E-state index in [-0.39, 0.29) is 12.6 Å². The van der Waals surface area contributed by atoms with Crippen LogP contribution in [0.2, 0.25) is 0 Å². The zero-order valence-corrected chi connectivity index (χ0v) is 18.2. The highest BCUT2D eigenvalue weighted by atomic mass is 31.2. The van der Waals surface area contributed by atoms with Crippen LogP contribution in [0, 0.1) is 0 Å². The third kappa shape index (κ3) is 7.84. The Hall–Kier alpha value is -1.73. The molecule has 0 bridgehead atoms. The van der Waals surface area contributed by atoms with Crippen molar-refractivity contribution in [3.05, 3.63) is 35.9 Å². The van der Waals surface area contributed by atoms with Crippen LogP contribution in [-0.2, 0) is 25.1 Å². The molecule has 0 aliphatic carbocycles. The Labute approximate surface area is 177 Å². The predicted molar refractivity (Wildman–Crippen MR) is 114 cm³/mol. The Bertz CT molecular complexity index is 729. The molecular weight excluding hydrogens is 407 g/mol. The van der Waals surface area contributed by atoms with Gasteiger partial charge in [-0.3, -0.25) is 13.9 Å². The number of amides is 1. The third-order valence-corrected chi connectivity index (χ3v) is 6.77. The lowest BCUT2D eigenvalue weighted by atomic mass is 10.1. The van der Waals surface area contributed by atoms with Crippen LogP contribution in [0.15, 0.2) is 30.3 Å². The number of benzene rings is 1. The fourth-order valence-corrected chi connectivity index (χ4v) is 5.03. The van der Waals surface area contributed by atoms with Gasteiger partial charge in [0.1, 0.15) is 12.1 Å². The predicted octanol–water partition coefficient (Wildman–Crippen LogP) is 2.78. The Kier molecular flexibility index (Phi) is 9.98. The molecule has 30 heavy (non-hydrogen) atoms. The smallest absolute Gasteiger partial charge is 0.328 e. The first-order valence-corrected chi connectivity index (χ1v) is 12.4. The molecule has 3 atom stereocenters. The molecule has 1 heterocycles. The van der Waals surface area contributed by atoms with Crippen LogP contribution >= 0.6 is 7.60 Å². The average molecular weight is 440 g/mol. The van der Waals surface area contributed by atoms with Gasteiger partial charge in [0.05, 0.1) is 6.16 Å². The third-order valence-electron chi connectivity index (χ3n) is 5.31. The fourth-order valence-electron chi connectivity index (χ4n) is 3.70. The second-order valence-corrected chi connectivity index (χ2v) is 9.64. The molecule has 1 saturated heterocycles. The number of aliphatic carboxylic acids is 1. The molecule has 8 nitrogen and oxygen atoms in total. The Balaban J connectivity index is 1.93. The Morgan fingerprint density at radius 1 is 1.20 bits per heavy atom. The van der Waals surface area contributed by atoms with E-state index < -0.39 is 31.6 Å². The van der Waals surface area contributed by atoms with E-state index in [0.29, 0.717) is 45.2 Å². The summed E-state index contributed by atoms with van der Waals surface area (Å²) in [4.78, 5) is 35.9. The zero-order valence-electron chi connectivity index (χ0n) is 17.3. The van der Waals surface area contributed by atoms with E-state index in [0.717, 1.165) is 18.4 Å². The molecule has 1 fully saturated rings. The fraction of sp³-hybridized carbons (Fsp3) is 0.619. The number of unbranched alkanes of at least 4 members (excludes halogenated alkanes) is 2. The molecule has 2 unspecified atom stereocenters. The Morgan fingerprint density at radius 2 is 1.93 bits per heavy atom. The first-order chi connectivity index (χ1) is 14.3. The van der Waals surface area contributed by atoms with Crippen LogP contribution in [0.5, 0.6) is 0 Å². The molecule has 0 aromatic heterocycles. The molecule has 1 aliphatic heterocycles. The normalized spacial score (nSPS) is 19.4. The number of carbonyl (C=O) groups is 2. The largest absolute Gasteiger partial charge is 0.480 e. The van der Waals surface area contributed by atoms with Gasteiger partial charge in [-0.05, 0) is 63.5 Å². The minimum Gasteiger partial charge on any atom is -0.480 e. The van der Waals surface area contributed by atoms with E-state index in [2.05, 4.69) is 0 Å². The van der Waals surface area contributed by atoms with Crippen molar-refractivity contribution in [1.82, 2.24) is 4.90 Å². The molecule has 1 aromatic carbocycles. The van der Waals surface area contributed by atoms with Crippen LogP contribution in [0.4, 0.5) is 0 Å². The molecule has 0 radical (unpaired) electrons. The molecule has 1 aromatic rings. The summed E-state index contributed by atoms with van der Waals surface area (Å²) in [5, 5.41) is 9.34. The van der Waals surface area contributed by atoms with Crippen molar-refractivity contribution in [2.45, 2.75) is 63.5 Å². The Morgan fingerprint density at radius 3 is 2.60 bits per heavy atom. The van der Waals surface area contributed by atoms with Crippen LogP contribution < -0.4 is 5.73 Å². The number of nitrogens with two attached hydrogens (primary N) is 1. The lowest BCUT2D eigenvalue weighted by Gasteiger charge is -2.28. The number of hydrogen-bond donors (Lipinski definition) is 3. The van der Waals surface area contributed by atoms with Crippen LogP contribution in [-0.4, -0.2) is 58.2 Å². The lowest BCUT2D eigenvalue weighted by molar-refractivity contribution is -0.151. The molecule has 4 N–H and O–H groups in total. The molecule has 1 aliphatic rings. The number of rotatable bonds is 13. The van der Waals surface area contributed by atoms with E-state index in [9.17, 15) is 24.2 Å². The van der Waals surface area contributed by atoms with Gasteiger partial charge in [-0.25, -0.2) is 4.79 Å². The summed E-state index contributed by atoms with van der Waals surface area (Å²) in [6.07, 6.45) is 3.30. The van der Waals surface area contributed by atoms with E-state index in [1.54, 1.807) is 0 Å². The summed E-state index contributed by atoms with van der Waals surface area (Å²) in [6, 6.07) is 8.97. The van der Waals surface area contributed by atoms with Gasteiger partial charge in [0.15, 0.2) is 0 Å². The summed E-state index contributed by atoms with van der Waals surface area (Å²) in [5.41, 5.74) is 6.67. The summed E-state index contributed by atoms with van der Waals surface area (Å²) in [5.74, 6) is -1.58. The van der Waals surface area contributed by atoms with Crippen molar-refractivity contribution in [1.29, 1.82) is 0 Å². The maximum atomic E-state index is 12.9. The summed E-state index contributed by atoms with van der Waals surface area (Å²) in [6.45, 7) is 0.762. The first kappa shape index (κ1) is 24.5. The summed E-state index contributed by atoms with van der Waals surface area (Å²) < 4.78 is 18.0. The maximum Gasteiger partial charge on any atom is 0.328 e. The van der Waals surface area contributed by atoms with Crippen molar-refractivity contribution in [3.8, 4) is 0 Å². The quantitative estimate of drug-likeness (QED) is 0.318. The van der Waals surface area contributed by atoms with Gasteiger partial charge in [0.2, 0.25) is 0 Å². The van der Waals surface area contributed by atoms with Crippen LogP contribution in [0.3, 0.4) is 0 Å². The monoisotopic (exact) mass is 440 g/mol. The number of hydrogen-bond acceptors (Lipinski definition) is 5. The topological polar surface area (TPSA) is 130 Å². The molecule has 168 valence electrons. The molecular formula is C21H33N2O6P. The standard InChI is InChI=1S/C21H33N2O6P/c22-14-6-4-13-19(20(24)23-15-8-12-18(23)21(25)26)29-30(27,28)16-7-5-11-17-9-2-1-3-10-17/h1-3,9-10,18-19H,4-8,11-16,22H2,(H,25,26)(H,27,28)/t18-,19?/m0/s1. The van der Waals surface area contributed by atoms with Crippen molar-refractivity contribution < 1.29 is 28.7 Å². The molecule has 9 heteroatoms. The number of carbonyl (C=O) groups excluding carboxylic acids is 1. The summed E-state index contributed by atoms with van der Waals surface area (Å²) in [7, 11) is -3.98. The second kappa shape index (κ2) is 12.2. The van der Waals surface area contributed by atoms with Gasteiger partial charge in [-0.15, -0.1) is 0 Å². The highest BCUT2D eigenvalue weighted by Gasteiger charge is 2.39. The van der Waals surface area contributed by atoms with Crippen LogP contribution in [0.25, 0.3) is 0 Å². The van der Waals surface area contributed by atoms with Gasteiger partial charge >= 0.3 is 13.6 Å². The van der Waals surface area contributed by atoms with Gasteiger partial charge < -0.3 is 20.6 Å². The van der Waals surface area contributed by atoms with Gasteiger partial charge in [-0.1, -0.05) is 30.3 Å². The second-order valence-electron chi connectivity index (χ2n) is 7.71. The van der Waals surface area contributed by atoms with E-state index in [4.69, 9.17) is 10.3 Å². The van der Waals surface area contributed by atoms with E-state index in [1.807, 2.05) is 30.3 Å². The number of carboxylic acids is 1. The van der Waals surface area contributed by atoms with Gasteiger partial charge in [0.25, 0.3) is 5.91 Å². The summed E-state index contributed by atoms with van der Waals surface area (Å²) >= 11 is 0. The number of carboxylic acid groups (broad SMARTS) is 1. The minimum atomic E-state index is -3.98. The van der Waals surface area contributed by atoms with Crippen LogP contribution in [0.1, 0.15) is 50.5 Å². The zero-order chi connectivity index (χ0) is 22.0.